The van der Waals surface area contributed by atoms with Gasteiger partial charge in [0.15, 0.2) is 28.9 Å². The van der Waals surface area contributed by atoms with Gasteiger partial charge in [0.05, 0.1) is 30.7 Å². The summed E-state index contributed by atoms with van der Waals surface area (Å²) in [4.78, 5) is 28.1. The zero-order valence-electron chi connectivity index (χ0n) is 16.1. The van der Waals surface area contributed by atoms with Crippen LogP contribution in [0, 0.1) is 5.82 Å². The van der Waals surface area contributed by atoms with E-state index in [4.69, 9.17) is 9.47 Å². The van der Waals surface area contributed by atoms with Crippen molar-refractivity contribution in [3.63, 3.8) is 0 Å². The van der Waals surface area contributed by atoms with E-state index in [1.54, 1.807) is 12.1 Å². The Balaban J connectivity index is 1.65. The number of methoxy groups -OCH3 is 2. The number of ether oxygens (including phenoxy) is 2. The maximum absolute atomic E-state index is 13.5. The molecule has 2 heterocycles. The van der Waals surface area contributed by atoms with Gasteiger partial charge in [0.1, 0.15) is 5.82 Å². The van der Waals surface area contributed by atoms with E-state index < -0.39 is 11.6 Å². The van der Waals surface area contributed by atoms with E-state index in [0.29, 0.717) is 33.8 Å². The average Bonchev–Trinajstić information content (AvgIpc) is 2.75. The van der Waals surface area contributed by atoms with Gasteiger partial charge in [0, 0.05) is 24.9 Å². The highest BCUT2D eigenvalue weighted by molar-refractivity contribution is 5.81. The van der Waals surface area contributed by atoms with E-state index in [-0.39, 0.29) is 23.4 Å². The number of hydrogen-bond acceptors (Lipinski definition) is 7. The summed E-state index contributed by atoms with van der Waals surface area (Å²) >= 11 is 0. The molecule has 4 aromatic rings. The molecule has 9 heteroatoms. The minimum absolute atomic E-state index is 0.188. The molecule has 0 radical (unpaired) electrons. The number of hydrogen-bond donors (Lipinski definition) is 2. The Bertz CT molecular complexity index is 1290. The van der Waals surface area contributed by atoms with Gasteiger partial charge in [-0.1, -0.05) is 6.07 Å². The first-order valence-electron chi connectivity index (χ1n) is 8.94. The summed E-state index contributed by atoms with van der Waals surface area (Å²) in [6.07, 6.45) is 3.34. The number of rotatable bonds is 5. The molecular formula is C21H17FN4O4. The molecule has 2 aromatic carbocycles. The van der Waals surface area contributed by atoms with E-state index in [9.17, 15) is 14.3 Å². The molecule has 0 amide bonds. The Morgan fingerprint density at radius 2 is 1.80 bits per heavy atom. The zero-order chi connectivity index (χ0) is 21.3. The van der Waals surface area contributed by atoms with Crippen LogP contribution in [0.3, 0.4) is 0 Å². The molecule has 0 atom stereocenters. The maximum Gasteiger partial charge on any atom is 0.258 e. The van der Waals surface area contributed by atoms with Gasteiger partial charge < -0.3 is 19.6 Å². The van der Waals surface area contributed by atoms with Crippen LogP contribution in [0.5, 0.6) is 17.2 Å². The van der Waals surface area contributed by atoms with Crippen LogP contribution >= 0.6 is 0 Å². The first-order chi connectivity index (χ1) is 14.5. The van der Waals surface area contributed by atoms with E-state index in [2.05, 4.69) is 19.9 Å². The Labute approximate surface area is 170 Å². The minimum atomic E-state index is -0.745. The summed E-state index contributed by atoms with van der Waals surface area (Å²) in [5, 5.41) is 10.2. The standard InChI is InChI=1S/C21H17FN4O4/c1-29-16-7-13-15(8-17(16)30-2)25-18(26-21(13)28)6-11-9-23-20(24-10-11)12-4-3-5-14(22)19(12)27/h3-5,7-10,27H,6H2,1-2H3,(H,25,26,28). The number of halogens is 1. The summed E-state index contributed by atoms with van der Waals surface area (Å²) in [7, 11) is 3.00. The Morgan fingerprint density at radius 1 is 1.10 bits per heavy atom. The van der Waals surface area contributed by atoms with Crippen molar-refractivity contribution in [1.29, 1.82) is 0 Å². The fraction of sp³-hybridized carbons (Fsp3) is 0.143. The molecule has 0 aliphatic heterocycles. The van der Waals surface area contributed by atoms with E-state index >= 15 is 0 Å². The third kappa shape index (κ3) is 3.52. The second kappa shape index (κ2) is 7.78. The third-order valence-corrected chi connectivity index (χ3v) is 4.56. The topological polar surface area (TPSA) is 110 Å². The van der Waals surface area contributed by atoms with Crippen LogP contribution in [-0.4, -0.2) is 39.3 Å². The summed E-state index contributed by atoms with van der Waals surface area (Å²) < 4.78 is 24.0. The first-order valence-corrected chi connectivity index (χ1v) is 8.94. The van der Waals surface area contributed by atoms with Crippen LogP contribution < -0.4 is 15.0 Å². The number of para-hydroxylation sites is 1. The molecule has 0 saturated carbocycles. The van der Waals surface area contributed by atoms with Gasteiger partial charge in [-0.2, -0.15) is 0 Å². The van der Waals surface area contributed by atoms with Crippen LogP contribution in [0.4, 0.5) is 4.39 Å². The molecule has 0 aliphatic carbocycles. The van der Waals surface area contributed by atoms with Gasteiger partial charge in [-0.15, -0.1) is 0 Å². The largest absolute Gasteiger partial charge is 0.504 e. The molecule has 30 heavy (non-hydrogen) atoms. The number of aromatic nitrogens is 4. The second-order valence-corrected chi connectivity index (χ2v) is 6.46. The van der Waals surface area contributed by atoms with Crippen molar-refractivity contribution in [3.05, 3.63) is 70.3 Å². The number of nitrogens with one attached hydrogen (secondary N) is 1. The molecule has 0 unspecified atom stereocenters. The smallest absolute Gasteiger partial charge is 0.258 e. The van der Waals surface area contributed by atoms with Gasteiger partial charge in [-0.25, -0.2) is 19.3 Å². The predicted octanol–water partition coefficient (Wildman–Crippen LogP) is 2.83. The molecule has 0 saturated heterocycles. The molecule has 0 aliphatic rings. The number of aromatic amines is 1. The van der Waals surface area contributed by atoms with Crippen molar-refractivity contribution in [1.82, 2.24) is 19.9 Å². The molecule has 0 spiro atoms. The molecule has 8 nitrogen and oxygen atoms in total. The molecule has 2 aromatic heterocycles. The highest BCUT2D eigenvalue weighted by Gasteiger charge is 2.13. The van der Waals surface area contributed by atoms with Crippen molar-refractivity contribution < 1.29 is 19.0 Å². The quantitative estimate of drug-likeness (QED) is 0.522. The van der Waals surface area contributed by atoms with Gasteiger partial charge in [-0.05, 0) is 23.8 Å². The lowest BCUT2D eigenvalue weighted by Gasteiger charge is -2.09. The Kier molecular flexibility index (Phi) is 5.01. The number of fused-ring (bicyclic) bond motifs is 1. The summed E-state index contributed by atoms with van der Waals surface area (Å²) in [6, 6.07) is 7.36. The number of H-pyrrole nitrogens is 1. The van der Waals surface area contributed by atoms with Crippen LogP contribution in [0.15, 0.2) is 47.5 Å². The van der Waals surface area contributed by atoms with Gasteiger partial charge >= 0.3 is 0 Å². The molecule has 0 fully saturated rings. The lowest BCUT2D eigenvalue weighted by Crippen LogP contribution is -2.13. The number of benzene rings is 2. The van der Waals surface area contributed by atoms with Crippen LogP contribution in [0.2, 0.25) is 0 Å². The van der Waals surface area contributed by atoms with E-state index in [0.717, 1.165) is 6.07 Å². The lowest BCUT2D eigenvalue weighted by atomic mass is 10.1. The third-order valence-electron chi connectivity index (χ3n) is 4.56. The average molecular weight is 408 g/mol. The normalized spacial score (nSPS) is 10.9. The van der Waals surface area contributed by atoms with Gasteiger partial charge in [0.2, 0.25) is 0 Å². The van der Waals surface area contributed by atoms with Crippen molar-refractivity contribution in [2.24, 2.45) is 0 Å². The minimum Gasteiger partial charge on any atom is -0.504 e. The molecule has 2 N–H and O–H groups in total. The van der Waals surface area contributed by atoms with E-state index in [1.165, 1.54) is 38.7 Å². The molecular weight excluding hydrogens is 391 g/mol. The first kappa shape index (κ1) is 19.3. The van der Waals surface area contributed by atoms with Gasteiger partial charge in [0.25, 0.3) is 5.56 Å². The predicted molar refractivity (Wildman–Crippen MR) is 107 cm³/mol. The van der Waals surface area contributed by atoms with Crippen LogP contribution in [0.25, 0.3) is 22.3 Å². The van der Waals surface area contributed by atoms with Gasteiger partial charge in [-0.3, -0.25) is 4.79 Å². The number of phenols is 1. The highest BCUT2D eigenvalue weighted by Crippen LogP contribution is 2.30. The molecule has 4 rings (SSSR count). The number of phenolic OH excluding ortho intramolecular Hbond substituents is 1. The van der Waals surface area contributed by atoms with E-state index in [1.807, 2.05) is 0 Å². The zero-order valence-corrected chi connectivity index (χ0v) is 16.1. The fourth-order valence-corrected chi connectivity index (χ4v) is 3.07. The molecule has 152 valence electrons. The van der Waals surface area contributed by atoms with Crippen molar-refractivity contribution in [2.45, 2.75) is 6.42 Å². The maximum atomic E-state index is 13.5. The van der Waals surface area contributed by atoms with Crippen molar-refractivity contribution in [2.75, 3.05) is 14.2 Å². The summed E-state index contributed by atoms with van der Waals surface area (Å²) in [6.45, 7) is 0. The van der Waals surface area contributed by atoms with Crippen molar-refractivity contribution >= 4 is 10.9 Å². The summed E-state index contributed by atoms with van der Waals surface area (Å²) in [5.74, 6) is 0.267. The van der Waals surface area contributed by atoms with Crippen LogP contribution in [-0.2, 0) is 6.42 Å². The fourth-order valence-electron chi connectivity index (χ4n) is 3.07. The highest BCUT2D eigenvalue weighted by atomic mass is 19.1. The Hall–Kier alpha value is -4.01. The second-order valence-electron chi connectivity index (χ2n) is 6.46. The molecule has 0 bridgehead atoms. The van der Waals surface area contributed by atoms with Crippen molar-refractivity contribution in [3.8, 4) is 28.6 Å². The lowest BCUT2D eigenvalue weighted by molar-refractivity contribution is 0.355. The SMILES string of the molecule is COc1cc2nc(Cc3cnc(-c4cccc(F)c4O)nc3)[nH]c(=O)c2cc1OC. The Morgan fingerprint density at radius 3 is 2.50 bits per heavy atom. The number of aromatic hydroxyl groups is 1. The van der Waals surface area contributed by atoms with Crippen LogP contribution in [0.1, 0.15) is 11.4 Å². The monoisotopic (exact) mass is 408 g/mol. The summed E-state index contributed by atoms with van der Waals surface area (Å²) in [5.41, 5.74) is 1.03. The number of nitrogens with zero attached hydrogens (tertiary/aromatic N) is 3.